The van der Waals surface area contributed by atoms with Gasteiger partial charge in [0.2, 0.25) is 0 Å². The van der Waals surface area contributed by atoms with Crippen molar-refractivity contribution in [1.29, 1.82) is 0 Å². The van der Waals surface area contributed by atoms with Crippen molar-refractivity contribution in [3.05, 3.63) is 12.7 Å². The third-order valence-electron chi connectivity index (χ3n) is 2.37. The second-order valence-electron chi connectivity index (χ2n) is 5.51. The van der Waals surface area contributed by atoms with Crippen LogP contribution in [0.5, 0.6) is 0 Å². The molecule has 0 rings (SSSR count). The zero-order valence-electron chi connectivity index (χ0n) is 15.4. The molecule has 0 saturated carbocycles. The zero-order chi connectivity index (χ0) is 17.6. The fourth-order valence-corrected chi connectivity index (χ4v) is 3.41. The van der Waals surface area contributed by atoms with Gasteiger partial charge < -0.3 is 18.0 Å². The van der Waals surface area contributed by atoms with Crippen molar-refractivity contribution in [1.82, 2.24) is 0 Å². The van der Waals surface area contributed by atoms with E-state index in [1.165, 1.54) is 0 Å². The molecule has 22 heavy (non-hydrogen) atoms. The van der Waals surface area contributed by atoms with E-state index in [1.54, 1.807) is 20.8 Å². The molecule has 5 nitrogen and oxygen atoms in total. The maximum absolute atomic E-state index is 11.8. The third-order valence-corrected chi connectivity index (χ3v) is 5.06. The Morgan fingerprint density at radius 1 is 1.00 bits per heavy atom. The molecule has 0 aromatic rings. The molecule has 0 unspecified atom stereocenters. The fraction of sp³-hybridized carbons (Fsp3) is 0.812. The van der Waals surface area contributed by atoms with Gasteiger partial charge in [-0.2, -0.15) is 0 Å². The van der Waals surface area contributed by atoms with E-state index in [9.17, 15) is 4.79 Å². The number of hydrogen-bond donors (Lipinski definition) is 0. The number of carbonyl (C=O) groups is 1. The Balaban J connectivity index is 0. The molecule has 132 valence electrons. The van der Waals surface area contributed by atoms with E-state index in [4.69, 9.17) is 18.0 Å². The van der Waals surface area contributed by atoms with E-state index < -0.39 is 14.2 Å². The molecule has 0 aromatic carbocycles. The van der Waals surface area contributed by atoms with Crippen LogP contribution >= 0.6 is 0 Å². The van der Waals surface area contributed by atoms with Gasteiger partial charge >= 0.3 is 14.8 Å². The predicted molar refractivity (Wildman–Crippen MR) is 91.5 cm³/mol. The minimum Gasteiger partial charge on any atom is -0.461 e. The molecule has 0 saturated heterocycles. The van der Waals surface area contributed by atoms with E-state index in [-0.39, 0.29) is 12.2 Å². The Morgan fingerprint density at radius 3 is 1.59 bits per heavy atom. The number of allylic oxidation sites excluding steroid dienone is 1. The van der Waals surface area contributed by atoms with E-state index >= 15 is 0 Å². The van der Waals surface area contributed by atoms with Crippen molar-refractivity contribution in [3.63, 3.8) is 0 Å². The van der Waals surface area contributed by atoms with Gasteiger partial charge in [0.15, 0.2) is 6.23 Å². The number of carbonyl (C=O) groups excluding carboxylic acids is 1. The first-order chi connectivity index (χ1) is 10.2. The average Bonchev–Trinajstić information content (AvgIpc) is 2.45. The predicted octanol–water partition coefficient (Wildman–Crippen LogP) is 3.75. The molecule has 6 heteroatoms. The lowest BCUT2D eigenvalue weighted by molar-refractivity contribution is -0.152. The topological polar surface area (TPSA) is 54.0 Å². The lowest BCUT2D eigenvalue weighted by atomic mass is 9.98. The Kier molecular flexibility index (Phi) is 13.7. The van der Waals surface area contributed by atoms with Crippen molar-refractivity contribution in [2.45, 2.75) is 54.9 Å². The molecule has 0 aliphatic carbocycles. The van der Waals surface area contributed by atoms with Crippen LogP contribution in [0.4, 0.5) is 0 Å². The monoisotopic (exact) mass is 334 g/mol. The summed E-state index contributed by atoms with van der Waals surface area (Å²) in [6, 6.07) is 0. The normalized spacial score (nSPS) is 11.4. The van der Waals surface area contributed by atoms with Crippen molar-refractivity contribution in [2.24, 2.45) is 5.41 Å². The van der Waals surface area contributed by atoms with E-state index in [2.05, 4.69) is 13.5 Å². The van der Waals surface area contributed by atoms with Gasteiger partial charge in [-0.1, -0.05) is 13.0 Å². The Morgan fingerprint density at radius 2 is 1.36 bits per heavy atom. The maximum Gasteiger partial charge on any atom is 0.540 e. The molecule has 0 aliphatic heterocycles. The Hall–Kier alpha value is -0.693. The van der Waals surface area contributed by atoms with Crippen LogP contribution in [0.1, 0.15) is 54.9 Å². The molecular weight excluding hydrogens is 300 g/mol. The highest BCUT2D eigenvalue weighted by Crippen LogP contribution is 2.18. The van der Waals surface area contributed by atoms with Gasteiger partial charge in [-0.3, -0.25) is 4.79 Å². The lowest BCUT2D eigenvalue weighted by Crippen LogP contribution is -2.51. The number of esters is 1. The van der Waals surface area contributed by atoms with Crippen molar-refractivity contribution in [2.75, 3.05) is 26.1 Å². The number of rotatable bonds is 9. The van der Waals surface area contributed by atoms with Crippen LogP contribution in [0.25, 0.3) is 0 Å². The van der Waals surface area contributed by atoms with Crippen LogP contribution in [-0.2, 0) is 22.8 Å². The lowest BCUT2D eigenvalue weighted by Gasteiger charge is -2.28. The van der Waals surface area contributed by atoms with E-state index in [0.29, 0.717) is 19.8 Å². The summed E-state index contributed by atoms with van der Waals surface area (Å²) >= 11 is 0. The number of ether oxygens (including phenoxy) is 1. The summed E-state index contributed by atoms with van der Waals surface area (Å²) in [6.45, 7) is 18.0. The summed E-state index contributed by atoms with van der Waals surface area (Å²) in [6.07, 6.45) is 3.03. The second-order valence-corrected chi connectivity index (χ2v) is 8.03. The van der Waals surface area contributed by atoms with E-state index in [1.807, 2.05) is 26.8 Å². The average molecular weight is 335 g/mol. The van der Waals surface area contributed by atoms with Crippen LogP contribution in [0.15, 0.2) is 12.7 Å². The summed E-state index contributed by atoms with van der Waals surface area (Å²) < 4.78 is 22.0. The Bertz CT molecular complexity index is 282. The molecule has 0 bridgehead atoms. The van der Waals surface area contributed by atoms with Crippen LogP contribution in [-0.4, -0.2) is 40.8 Å². The highest BCUT2D eigenvalue weighted by Gasteiger charge is 2.43. The smallest absolute Gasteiger partial charge is 0.461 e. The summed E-state index contributed by atoms with van der Waals surface area (Å²) in [4.78, 5) is 11.8. The standard InChI is InChI=1S/C12H26O5Si.C4H8/c1-7-15-18(16-8-2,17-9-3)10-14-11(13)12(4,5)6;1-3-4-2/h7-10H2,1-6H3;3H,1,4H2,2H3. The third kappa shape index (κ3) is 11.0. The first-order valence-corrected chi connectivity index (χ1v) is 9.86. The number of hydrogen-bond acceptors (Lipinski definition) is 5. The first kappa shape index (κ1) is 23.6. The molecular formula is C16H34O5Si. The molecule has 0 atom stereocenters. The van der Waals surface area contributed by atoms with Gasteiger partial charge in [-0.25, -0.2) is 0 Å². The summed E-state index contributed by atoms with van der Waals surface area (Å²) in [5.41, 5.74) is -0.537. The van der Waals surface area contributed by atoms with Gasteiger partial charge in [0, 0.05) is 19.8 Å². The quantitative estimate of drug-likeness (QED) is 0.365. The first-order valence-electron chi connectivity index (χ1n) is 7.92. The molecule has 0 aromatic heterocycles. The van der Waals surface area contributed by atoms with Crippen molar-refractivity contribution in [3.8, 4) is 0 Å². The van der Waals surface area contributed by atoms with Crippen molar-refractivity contribution >= 4 is 14.8 Å². The fourth-order valence-electron chi connectivity index (χ4n) is 1.28. The molecule has 0 radical (unpaired) electrons. The van der Waals surface area contributed by atoms with Gasteiger partial charge in [-0.15, -0.1) is 6.58 Å². The SMILES string of the molecule is C=CCC.CCO[Si](COC(=O)C(C)(C)C)(OCC)OCC. The summed E-state index contributed by atoms with van der Waals surface area (Å²) in [5, 5.41) is 0. The summed E-state index contributed by atoms with van der Waals surface area (Å²) in [7, 11) is -2.88. The zero-order valence-corrected chi connectivity index (χ0v) is 16.4. The van der Waals surface area contributed by atoms with Crippen LogP contribution in [0.3, 0.4) is 0 Å². The van der Waals surface area contributed by atoms with Crippen LogP contribution in [0.2, 0.25) is 0 Å². The molecule has 0 N–H and O–H groups in total. The van der Waals surface area contributed by atoms with Gasteiger partial charge in [-0.05, 0) is 48.0 Å². The molecule has 0 heterocycles. The Labute approximate surface area is 137 Å². The molecule has 0 aliphatic rings. The van der Waals surface area contributed by atoms with E-state index in [0.717, 1.165) is 6.42 Å². The summed E-state index contributed by atoms with van der Waals surface area (Å²) in [5.74, 6) is -0.279. The van der Waals surface area contributed by atoms with Crippen molar-refractivity contribution < 1.29 is 22.8 Å². The molecule has 0 spiro atoms. The highest BCUT2D eigenvalue weighted by atomic mass is 28.4. The molecule has 0 fully saturated rings. The van der Waals surface area contributed by atoms with Crippen LogP contribution in [0, 0.1) is 5.41 Å². The van der Waals surface area contributed by atoms with Crippen LogP contribution < -0.4 is 0 Å². The molecule has 0 amide bonds. The van der Waals surface area contributed by atoms with Gasteiger partial charge in [0.25, 0.3) is 0 Å². The van der Waals surface area contributed by atoms with Gasteiger partial charge in [0.05, 0.1) is 5.41 Å². The maximum atomic E-state index is 11.8. The highest BCUT2D eigenvalue weighted by molar-refractivity contribution is 6.60. The van der Waals surface area contributed by atoms with Gasteiger partial charge in [0.1, 0.15) is 0 Å². The minimum atomic E-state index is -2.88. The second kappa shape index (κ2) is 12.8. The largest absolute Gasteiger partial charge is 0.540 e. The minimum absolute atomic E-state index is 0.0681.